The van der Waals surface area contributed by atoms with Gasteiger partial charge in [-0.3, -0.25) is 20.4 Å². The second-order valence-corrected chi connectivity index (χ2v) is 5.24. The molecule has 20 heavy (non-hydrogen) atoms. The van der Waals surface area contributed by atoms with Crippen molar-refractivity contribution in [2.45, 2.75) is 26.8 Å². The molecule has 1 fully saturated rings. The predicted octanol–water partition coefficient (Wildman–Crippen LogP) is 1.56. The van der Waals surface area contributed by atoms with E-state index >= 15 is 0 Å². The molecule has 3 heterocycles. The molecule has 0 saturated carbocycles. The molecule has 0 N–H and O–H groups in total. The number of likely N-dealkylation sites (tertiary alicyclic amines) is 1. The number of carbonyl (C=O) groups excluding carboxylic acids is 1. The standard InChI is InChI=1S/C14H17N4O.Re/c1-10-3-4-17(8-10)14(19)9-18-13-5-11(2)6-15-12(13)7-16-18;/h5-7H,3-4,8-9H2,1-2H3;/q-1;. The largest absolute Gasteiger partial charge is 0.373 e. The minimum Gasteiger partial charge on any atom is -0.373 e. The van der Waals surface area contributed by atoms with Gasteiger partial charge in [0.2, 0.25) is 5.91 Å². The molecule has 1 saturated heterocycles. The first kappa shape index (κ1) is 15.1. The number of fused-ring (bicyclic) bond motifs is 1. The Balaban J connectivity index is 0.00000147. The predicted molar refractivity (Wildman–Crippen MR) is 72.4 cm³/mol. The molecule has 0 aliphatic carbocycles. The molecule has 5 nitrogen and oxygen atoms in total. The molecule has 107 valence electrons. The summed E-state index contributed by atoms with van der Waals surface area (Å²) in [5, 5.41) is 4.27. The number of aromatic nitrogens is 3. The number of carbonyl (C=O) groups is 1. The summed E-state index contributed by atoms with van der Waals surface area (Å²) in [4.78, 5) is 18.4. The van der Waals surface area contributed by atoms with Crippen molar-refractivity contribution < 1.29 is 25.2 Å². The summed E-state index contributed by atoms with van der Waals surface area (Å²) in [6.07, 6.45) is 4.55. The van der Waals surface area contributed by atoms with E-state index in [2.05, 4.69) is 17.0 Å². The van der Waals surface area contributed by atoms with Gasteiger partial charge in [0.1, 0.15) is 12.1 Å². The average molecular weight is 444 g/mol. The van der Waals surface area contributed by atoms with Gasteiger partial charge in [-0.1, -0.05) is 0 Å². The summed E-state index contributed by atoms with van der Waals surface area (Å²) in [6, 6.07) is 2.02. The second-order valence-electron chi connectivity index (χ2n) is 5.24. The van der Waals surface area contributed by atoms with E-state index in [0.29, 0.717) is 6.54 Å². The molecule has 2 aromatic rings. The topological polar surface area (TPSA) is 51.0 Å². The Labute approximate surface area is 132 Å². The number of nitrogens with zero attached hydrogens (tertiary/aromatic N) is 4. The number of hydrogen-bond donors (Lipinski definition) is 0. The zero-order valence-electron chi connectivity index (χ0n) is 11.6. The Morgan fingerprint density at radius 3 is 2.95 bits per heavy atom. The third kappa shape index (κ3) is 2.92. The van der Waals surface area contributed by atoms with Gasteiger partial charge < -0.3 is 4.90 Å². The molecule has 1 aliphatic rings. The van der Waals surface area contributed by atoms with E-state index in [1.807, 2.05) is 24.1 Å². The first-order chi connectivity index (χ1) is 9.13. The van der Waals surface area contributed by atoms with Crippen LogP contribution in [0.4, 0.5) is 0 Å². The van der Waals surface area contributed by atoms with E-state index in [1.165, 1.54) is 5.92 Å². The first-order valence-corrected chi connectivity index (χ1v) is 6.51. The van der Waals surface area contributed by atoms with Crippen LogP contribution >= 0.6 is 0 Å². The Morgan fingerprint density at radius 1 is 1.45 bits per heavy atom. The van der Waals surface area contributed by atoms with Crippen LogP contribution in [0.2, 0.25) is 0 Å². The summed E-state index contributed by atoms with van der Waals surface area (Å²) >= 11 is 0. The molecule has 1 amide bonds. The molecule has 0 unspecified atom stereocenters. The maximum absolute atomic E-state index is 12.2. The van der Waals surface area contributed by atoms with Crippen LogP contribution in [-0.4, -0.2) is 38.7 Å². The molecule has 3 rings (SSSR count). The molecule has 0 bridgehead atoms. The quantitative estimate of drug-likeness (QED) is 0.662. The van der Waals surface area contributed by atoms with Crippen LogP contribution in [0.5, 0.6) is 0 Å². The normalized spacial score (nSPS) is 15.6. The van der Waals surface area contributed by atoms with Crippen molar-refractivity contribution in [1.29, 1.82) is 0 Å². The van der Waals surface area contributed by atoms with Gasteiger partial charge in [0.25, 0.3) is 0 Å². The van der Waals surface area contributed by atoms with Crippen molar-refractivity contribution in [3.8, 4) is 0 Å². The van der Waals surface area contributed by atoms with Crippen LogP contribution < -0.4 is 0 Å². The molecule has 0 spiro atoms. The van der Waals surface area contributed by atoms with E-state index in [0.717, 1.165) is 36.1 Å². The number of amides is 1. The summed E-state index contributed by atoms with van der Waals surface area (Å²) < 4.78 is 1.74. The SMILES string of the molecule is Cc1cnc2cnn(CC(=O)N3CC[C-](C)C3)c2c1.[Re]. The van der Waals surface area contributed by atoms with E-state index in [4.69, 9.17) is 0 Å². The monoisotopic (exact) mass is 444 g/mol. The molecular weight excluding hydrogens is 426 g/mol. The van der Waals surface area contributed by atoms with Crippen LogP contribution in [0.3, 0.4) is 0 Å². The molecule has 2 aromatic heterocycles. The van der Waals surface area contributed by atoms with Crippen molar-refractivity contribution in [2.75, 3.05) is 13.1 Å². The number of aryl methyl sites for hydroxylation is 1. The fourth-order valence-corrected chi connectivity index (χ4v) is 2.43. The van der Waals surface area contributed by atoms with Gasteiger partial charge in [0, 0.05) is 26.6 Å². The molecule has 0 atom stereocenters. The Kier molecular flexibility index (Phi) is 4.56. The summed E-state index contributed by atoms with van der Waals surface area (Å²) in [5.74, 6) is 1.50. The van der Waals surface area contributed by atoms with Gasteiger partial charge in [-0.2, -0.15) is 18.4 Å². The van der Waals surface area contributed by atoms with E-state index < -0.39 is 0 Å². The number of pyridine rings is 1. The Bertz CT molecular complexity index is 625. The molecule has 1 aliphatic heterocycles. The maximum atomic E-state index is 12.2. The van der Waals surface area contributed by atoms with E-state index in [9.17, 15) is 4.79 Å². The van der Waals surface area contributed by atoms with Crippen LogP contribution in [0.1, 0.15) is 18.9 Å². The van der Waals surface area contributed by atoms with Gasteiger partial charge in [-0.25, -0.2) is 0 Å². The van der Waals surface area contributed by atoms with Gasteiger partial charge in [-0.15, -0.1) is 6.54 Å². The number of rotatable bonds is 2. The van der Waals surface area contributed by atoms with Crippen LogP contribution in [0.25, 0.3) is 11.0 Å². The van der Waals surface area contributed by atoms with Crippen molar-refractivity contribution in [1.82, 2.24) is 19.7 Å². The third-order valence-electron chi connectivity index (χ3n) is 3.54. The van der Waals surface area contributed by atoms with Crippen LogP contribution in [0, 0.1) is 12.8 Å². The zero-order chi connectivity index (χ0) is 13.4. The summed E-state index contributed by atoms with van der Waals surface area (Å²) in [7, 11) is 0. The maximum Gasteiger partial charge on any atom is 0.241 e. The molecular formula is C14H17N4ORe-. The van der Waals surface area contributed by atoms with E-state index in [1.54, 1.807) is 10.9 Å². The Morgan fingerprint density at radius 2 is 2.25 bits per heavy atom. The minimum atomic E-state index is 0. The van der Waals surface area contributed by atoms with Gasteiger partial charge >= 0.3 is 0 Å². The van der Waals surface area contributed by atoms with Crippen molar-refractivity contribution in [3.63, 3.8) is 0 Å². The van der Waals surface area contributed by atoms with Gasteiger partial charge in [0.15, 0.2) is 0 Å². The Hall–Kier alpha value is -1.25. The third-order valence-corrected chi connectivity index (χ3v) is 3.54. The fourth-order valence-electron chi connectivity index (χ4n) is 2.43. The minimum absolute atomic E-state index is 0. The van der Waals surface area contributed by atoms with Crippen molar-refractivity contribution in [3.05, 3.63) is 29.9 Å². The summed E-state index contributed by atoms with van der Waals surface area (Å²) in [6.45, 7) is 6.01. The molecule has 6 heteroatoms. The smallest absolute Gasteiger partial charge is 0.241 e. The van der Waals surface area contributed by atoms with Crippen LogP contribution in [0.15, 0.2) is 18.5 Å². The fraction of sp³-hybridized carbons (Fsp3) is 0.429. The molecule has 0 aromatic carbocycles. The van der Waals surface area contributed by atoms with Crippen LogP contribution in [-0.2, 0) is 31.8 Å². The number of hydrogen-bond acceptors (Lipinski definition) is 3. The first-order valence-electron chi connectivity index (χ1n) is 6.51. The van der Waals surface area contributed by atoms with Crippen molar-refractivity contribution in [2.24, 2.45) is 0 Å². The van der Waals surface area contributed by atoms with Gasteiger partial charge in [0.05, 0.1) is 11.7 Å². The van der Waals surface area contributed by atoms with Gasteiger partial charge in [-0.05, 0) is 25.1 Å². The summed E-state index contributed by atoms with van der Waals surface area (Å²) in [5.41, 5.74) is 2.84. The van der Waals surface area contributed by atoms with Crippen molar-refractivity contribution >= 4 is 16.9 Å². The van der Waals surface area contributed by atoms with E-state index in [-0.39, 0.29) is 26.3 Å². The second kappa shape index (κ2) is 6.03. The molecule has 1 radical (unpaired) electrons. The average Bonchev–Trinajstić information content (AvgIpc) is 2.97. The zero-order valence-corrected chi connectivity index (χ0v) is 14.4.